The first-order valence-electron chi connectivity index (χ1n) is 15.1. The third-order valence-electron chi connectivity index (χ3n) is 9.12. The number of aromatic amines is 1. The summed E-state index contributed by atoms with van der Waals surface area (Å²) < 4.78 is 0. The lowest BCUT2D eigenvalue weighted by Gasteiger charge is -2.36. The molecule has 0 radical (unpaired) electrons. The summed E-state index contributed by atoms with van der Waals surface area (Å²) in [5.74, 6) is -2.21. The van der Waals surface area contributed by atoms with Crippen LogP contribution in [0.25, 0.3) is 10.9 Å². The predicted octanol–water partition coefficient (Wildman–Crippen LogP) is 6.00. The first-order chi connectivity index (χ1) is 21.1. The lowest BCUT2D eigenvalue weighted by atomic mass is 9.88. The average molecular weight is 593 g/mol. The number of hydrogen-bond donors (Lipinski definition) is 3. The van der Waals surface area contributed by atoms with Gasteiger partial charge >= 0.3 is 12.0 Å². The highest BCUT2D eigenvalue weighted by Gasteiger charge is 2.53. The summed E-state index contributed by atoms with van der Waals surface area (Å²) >= 11 is 0. The summed E-state index contributed by atoms with van der Waals surface area (Å²) in [6.45, 7) is 7.85. The van der Waals surface area contributed by atoms with Crippen molar-refractivity contribution in [1.29, 1.82) is 0 Å². The highest BCUT2D eigenvalue weighted by atomic mass is 16.4. The summed E-state index contributed by atoms with van der Waals surface area (Å²) in [7, 11) is 0. The Bertz CT molecular complexity index is 1780. The number of aliphatic carboxylic acids is 1. The number of benzene rings is 3. The molecule has 4 atom stereocenters. The SMILES string of the molecule is CC[C@@H](C)[C@H](NC(=O)c1ccccc1N1C(=O)[C@@H]2Cc3c([nH]c4ccccc34)[C@H](c3ccc(C(C)C)cc3)N2C1=O)C(=O)O. The molecule has 9 nitrogen and oxygen atoms in total. The summed E-state index contributed by atoms with van der Waals surface area (Å²) in [6, 6.07) is 19.4. The van der Waals surface area contributed by atoms with Gasteiger partial charge in [0.05, 0.1) is 11.3 Å². The lowest BCUT2D eigenvalue weighted by Crippen LogP contribution is -2.45. The summed E-state index contributed by atoms with van der Waals surface area (Å²) in [6.07, 6.45) is 0.872. The third kappa shape index (κ3) is 4.72. The summed E-state index contributed by atoms with van der Waals surface area (Å²) in [5.41, 5.74) is 5.03. The minimum absolute atomic E-state index is 0.0606. The molecule has 9 heteroatoms. The van der Waals surface area contributed by atoms with Gasteiger partial charge in [-0.15, -0.1) is 0 Å². The van der Waals surface area contributed by atoms with E-state index in [-0.39, 0.29) is 17.2 Å². The molecule has 0 saturated carbocycles. The molecule has 3 heterocycles. The van der Waals surface area contributed by atoms with Gasteiger partial charge in [0.25, 0.3) is 11.8 Å². The molecule has 44 heavy (non-hydrogen) atoms. The number of para-hydroxylation sites is 2. The Morgan fingerprint density at radius 2 is 1.66 bits per heavy atom. The van der Waals surface area contributed by atoms with Crippen LogP contribution in [0, 0.1) is 5.92 Å². The van der Waals surface area contributed by atoms with E-state index in [0.717, 1.165) is 32.6 Å². The van der Waals surface area contributed by atoms with Crippen molar-refractivity contribution in [3.63, 3.8) is 0 Å². The van der Waals surface area contributed by atoms with Crippen LogP contribution in [-0.2, 0) is 16.0 Å². The maximum atomic E-state index is 14.4. The van der Waals surface area contributed by atoms with Crippen molar-refractivity contribution in [3.05, 3.63) is 101 Å². The highest BCUT2D eigenvalue weighted by Crippen LogP contribution is 2.45. The number of carbonyl (C=O) groups excluding carboxylic acids is 3. The molecule has 1 fully saturated rings. The maximum absolute atomic E-state index is 14.4. The Kier molecular flexibility index (Phi) is 7.49. The number of nitrogens with one attached hydrogen (secondary N) is 2. The Labute approximate surface area is 255 Å². The van der Waals surface area contributed by atoms with Crippen molar-refractivity contribution in [2.75, 3.05) is 4.90 Å². The van der Waals surface area contributed by atoms with Crippen molar-refractivity contribution >= 4 is 40.4 Å². The largest absolute Gasteiger partial charge is 0.480 e. The molecule has 2 aliphatic rings. The first kappa shape index (κ1) is 29.2. The lowest BCUT2D eigenvalue weighted by molar-refractivity contribution is -0.140. The van der Waals surface area contributed by atoms with Gasteiger partial charge in [0.15, 0.2) is 0 Å². The number of amides is 4. The van der Waals surface area contributed by atoms with E-state index in [1.54, 1.807) is 30.0 Å². The van der Waals surface area contributed by atoms with Gasteiger partial charge in [-0.05, 0) is 46.7 Å². The van der Waals surface area contributed by atoms with Crippen molar-refractivity contribution in [2.24, 2.45) is 5.92 Å². The Hall–Kier alpha value is -4.92. The van der Waals surface area contributed by atoms with Crippen molar-refractivity contribution in [2.45, 2.75) is 64.6 Å². The molecular weight excluding hydrogens is 556 g/mol. The van der Waals surface area contributed by atoms with Gasteiger partial charge in [0.1, 0.15) is 18.1 Å². The van der Waals surface area contributed by atoms with Gasteiger partial charge in [-0.3, -0.25) is 14.5 Å². The quantitative estimate of drug-likeness (QED) is 0.217. The topological polar surface area (TPSA) is 123 Å². The summed E-state index contributed by atoms with van der Waals surface area (Å²) in [4.78, 5) is 60.3. The number of carboxylic acids is 1. The number of urea groups is 1. The molecular formula is C35H36N4O5. The number of hydrogen-bond acceptors (Lipinski definition) is 4. The zero-order chi connectivity index (χ0) is 31.3. The third-order valence-corrected chi connectivity index (χ3v) is 9.12. The first-order valence-corrected chi connectivity index (χ1v) is 15.1. The Morgan fingerprint density at radius 1 is 0.977 bits per heavy atom. The van der Waals surface area contributed by atoms with E-state index in [9.17, 15) is 24.3 Å². The Balaban J connectivity index is 1.43. The molecule has 3 aromatic carbocycles. The van der Waals surface area contributed by atoms with Crippen molar-refractivity contribution < 1.29 is 24.3 Å². The van der Waals surface area contributed by atoms with E-state index >= 15 is 0 Å². The van der Waals surface area contributed by atoms with Crippen LogP contribution in [0.2, 0.25) is 0 Å². The van der Waals surface area contributed by atoms with Crippen LogP contribution in [0.4, 0.5) is 10.5 Å². The fraction of sp³-hybridized carbons (Fsp3) is 0.314. The van der Waals surface area contributed by atoms with Gasteiger partial charge < -0.3 is 15.4 Å². The van der Waals surface area contributed by atoms with Crippen molar-refractivity contribution in [3.8, 4) is 0 Å². The van der Waals surface area contributed by atoms with E-state index < -0.39 is 41.9 Å². The molecule has 226 valence electrons. The van der Waals surface area contributed by atoms with Crippen LogP contribution in [0.15, 0.2) is 72.8 Å². The molecule has 0 bridgehead atoms. The van der Waals surface area contributed by atoms with Crippen LogP contribution in [0.1, 0.15) is 78.8 Å². The average Bonchev–Trinajstić information content (AvgIpc) is 3.52. The van der Waals surface area contributed by atoms with E-state index in [1.807, 2.05) is 43.3 Å². The van der Waals surface area contributed by atoms with E-state index in [1.165, 1.54) is 11.6 Å². The van der Waals surface area contributed by atoms with Crippen LogP contribution in [0.5, 0.6) is 0 Å². The maximum Gasteiger partial charge on any atom is 0.332 e. The van der Waals surface area contributed by atoms with Gasteiger partial charge in [0, 0.05) is 23.0 Å². The number of imide groups is 1. The predicted molar refractivity (Wildman–Crippen MR) is 168 cm³/mol. The van der Waals surface area contributed by atoms with Crippen LogP contribution < -0.4 is 10.2 Å². The molecule has 3 N–H and O–H groups in total. The van der Waals surface area contributed by atoms with E-state index in [2.05, 4.69) is 36.3 Å². The molecule has 6 rings (SSSR count). The number of nitrogens with zero attached hydrogens (tertiary/aromatic N) is 2. The molecule has 1 saturated heterocycles. The van der Waals surface area contributed by atoms with Gasteiger partial charge in [0.2, 0.25) is 0 Å². The van der Waals surface area contributed by atoms with E-state index in [0.29, 0.717) is 18.8 Å². The Morgan fingerprint density at radius 3 is 2.34 bits per heavy atom. The zero-order valence-electron chi connectivity index (χ0n) is 25.2. The number of anilines is 1. The van der Waals surface area contributed by atoms with Crippen LogP contribution in [0.3, 0.4) is 0 Å². The van der Waals surface area contributed by atoms with Crippen LogP contribution >= 0.6 is 0 Å². The smallest absolute Gasteiger partial charge is 0.332 e. The molecule has 1 aromatic heterocycles. The molecule has 0 aliphatic carbocycles. The minimum Gasteiger partial charge on any atom is -0.480 e. The van der Waals surface area contributed by atoms with Gasteiger partial charge in [-0.25, -0.2) is 14.5 Å². The fourth-order valence-electron chi connectivity index (χ4n) is 6.47. The van der Waals surface area contributed by atoms with Crippen LogP contribution in [-0.4, -0.2) is 50.9 Å². The molecule has 0 spiro atoms. The van der Waals surface area contributed by atoms with Crippen molar-refractivity contribution in [1.82, 2.24) is 15.2 Å². The van der Waals surface area contributed by atoms with Gasteiger partial charge in [-0.1, -0.05) is 88.7 Å². The highest BCUT2D eigenvalue weighted by molar-refractivity contribution is 6.24. The molecule has 2 aliphatic heterocycles. The summed E-state index contributed by atoms with van der Waals surface area (Å²) in [5, 5.41) is 13.4. The van der Waals surface area contributed by atoms with E-state index in [4.69, 9.17) is 0 Å². The standard InChI is InChI=1S/C35H36N4O5/c1-5-20(4)29(34(42)43)37-32(40)24-11-7-9-13-27(24)39-33(41)28-18-25-23-10-6-8-12-26(23)36-30(25)31(38(28)35(39)44)22-16-14-21(15-17-22)19(2)3/h6-17,19-20,28-29,31,36H,5,18H2,1-4H3,(H,37,40)(H,42,43)/t20-,28+,29+,31+/m1/s1. The number of aromatic nitrogens is 1. The normalized spacial score (nSPS) is 19.2. The second kappa shape index (κ2) is 11.3. The second-order valence-corrected chi connectivity index (χ2v) is 12.1. The number of carboxylic acid groups (broad SMARTS) is 1. The monoisotopic (exact) mass is 592 g/mol. The molecule has 0 unspecified atom stereocenters. The number of carbonyl (C=O) groups is 4. The number of fused-ring (bicyclic) bond motifs is 4. The number of rotatable bonds is 8. The molecule has 4 aromatic rings. The van der Waals surface area contributed by atoms with Gasteiger partial charge in [-0.2, -0.15) is 0 Å². The zero-order valence-corrected chi connectivity index (χ0v) is 25.2. The molecule has 4 amide bonds. The minimum atomic E-state index is -1.14. The fourth-order valence-corrected chi connectivity index (χ4v) is 6.47. The number of H-pyrrole nitrogens is 1. The second-order valence-electron chi connectivity index (χ2n) is 12.1.